The van der Waals surface area contributed by atoms with Crippen LogP contribution in [0.5, 0.6) is 0 Å². The lowest BCUT2D eigenvalue weighted by Crippen LogP contribution is -2.20. The predicted molar refractivity (Wildman–Crippen MR) is 61.9 cm³/mol. The van der Waals surface area contributed by atoms with E-state index in [0.717, 1.165) is 31.7 Å². The number of benzene rings is 1. The molecular formula is C12H15FN2O2. The van der Waals surface area contributed by atoms with Gasteiger partial charge < -0.3 is 5.73 Å². The van der Waals surface area contributed by atoms with Gasteiger partial charge in [0.1, 0.15) is 5.82 Å². The molecule has 0 spiro atoms. The Morgan fingerprint density at radius 2 is 2.06 bits per heavy atom. The normalized spacial score (nSPS) is 18.2. The van der Waals surface area contributed by atoms with E-state index in [1.165, 1.54) is 12.1 Å². The first-order chi connectivity index (χ1) is 8.09. The van der Waals surface area contributed by atoms with Gasteiger partial charge in [-0.25, -0.2) is 4.39 Å². The van der Waals surface area contributed by atoms with Gasteiger partial charge in [0.25, 0.3) is 5.69 Å². The van der Waals surface area contributed by atoms with Gasteiger partial charge in [-0.15, -0.1) is 0 Å². The maximum atomic E-state index is 13.2. The molecule has 0 bridgehead atoms. The van der Waals surface area contributed by atoms with Gasteiger partial charge in [-0.1, -0.05) is 12.8 Å². The Bertz CT molecular complexity index is 431. The van der Waals surface area contributed by atoms with E-state index in [9.17, 15) is 14.5 Å². The lowest BCUT2D eigenvalue weighted by Gasteiger charge is -2.19. The number of nitro groups is 1. The number of nitrogens with two attached hydrogens (primary N) is 1. The van der Waals surface area contributed by atoms with Crippen LogP contribution < -0.4 is 5.73 Å². The number of rotatable bonds is 3. The van der Waals surface area contributed by atoms with Crippen molar-refractivity contribution in [1.29, 1.82) is 0 Å². The number of halogens is 1. The lowest BCUT2D eigenvalue weighted by molar-refractivity contribution is -0.385. The third-order valence-electron chi connectivity index (χ3n) is 3.45. The van der Waals surface area contributed by atoms with Gasteiger partial charge in [-0.05, 0) is 30.9 Å². The van der Waals surface area contributed by atoms with E-state index >= 15 is 0 Å². The summed E-state index contributed by atoms with van der Waals surface area (Å²) in [5.41, 5.74) is 6.28. The highest BCUT2D eigenvalue weighted by Gasteiger charge is 2.28. The van der Waals surface area contributed by atoms with Crippen molar-refractivity contribution in [3.05, 3.63) is 39.7 Å². The topological polar surface area (TPSA) is 69.2 Å². The van der Waals surface area contributed by atoms with E-state index in [1.807, 2.05) is 0 Å². The van der Waals surface area contributed by atoms with E-state index in [4.69, 9.17) is 5.73 Å². The van der Waals surface area contributed by atoms with Crippen LogP contribution >= 0.6 is 0 Å². The fourth-order valence-corrected chi connectivity index (χ4v) is 2.53. The minimum absolute atomic E-state index is 0.0780. The molecule has 2 rings (SSSR count). The molecular weight excluding hydrogens is 223 g/mol. The van der Waals surface area contributed by atoms with Crippen LogP contribution in [-0.4, -0.2) is 4.92 Å². The fourth-order valence-electron chi connectivity index (χ4n) is 2.53. The van der Waals surface area contributed by atoms with Crippen molar-refractivity contribution in [2.24, 2.45) is 11.7 Å². The first kappa shape index (κ1) is 12.0. The minimum atomic E-state index is -0.496. The molecule has 1 aromatic carbocycles. The highest BCUT2D eigenvalue weighted by molar-refractivity contribution is 5.42. The van der Waals surface area contributed by atoms with E-state index in [1.54, 1.807) is 0 Å². The van der Waals surface area contributed by atoms with Crippen molar-refractivity contribution in [3.8, 4) is 0 Å². The number of nitrogens with zero attached hydrogens (tertiary/aromatic N) is 1. The van der Waals surface area contributed by atoms with Crippen LogP contribution in [0.15, 0.2) is 18.2 Å². The zero-order valence-corrected chi connectivity index (χ0v) is 9.43. The Kier molecular flexibility index (Phi) is 3.38. The van der Waals surface area contributed by atoms with Crippen LogP contribution in [0.3, 0.4) is 0 Å². The van der Waals surface area contributed by atoms with E-state index in [2.05, 4.69) is 0 Å². The van der Waals surface area contributed by atoms with E-state index < -0.39 is 16.8 Å². The predicted octanol–water partition coefficient (Wildman–Crippen LogP) is 2.92. The standard InChI is InChI=1S/C12H15FN2O2/c13-9-5-6-11(15(16)17)10(7-9)12(14)8-3-1-2-4-8/h5-8,12H,1-4,14H2/t12-/m0/s1. The fraction of sp³-hybridized carbons (Fsp3) is 0.500. The second-order valence-corrected chi connectivity index (χ2v) is 4.53. The SMILES string of the molecule is N[C@H](c1cc(F)ccc1[N+](=O)[O-])C1CCCC1. The summed E-state index contributed by atoms with van der Waals surface area (Å²) in [5.74, 6) is -0.241. The second-order valence-electron chi connectivity index (χ2n) is 4.53. The molecule has 2 N–H and O–H groups in total. The molecule has 0 aliphatic heterocycles. The number of nitro benzene ring substituents is 1. The van der Waals surface area contributed by atoms with Gasteiger partial charge in [0.2, 0.25) is 0 Å². The maximum Gasteiger partial charge on any atom is 0.274 e. The van der Waals surface area contributed by atoms with Gasteiger partial charge in [0.15, 0.2) is 0 Å². The Hall–Kier alpha value is -1.49. The van der Waals surface area contributed by atoms with Crippen LogP contribution in [0.25, 0.3) is 0 Å². The molecule has 1 aliphatic rings. The summed E-state index contributed by atoms with van der Waals surface area (Å²) in [4.78, 5) is 10.4. The smallest absolute Gasteiger partial charge is 0.274 e. The molecule has 1 fully saturated rings. The van der Waals surface area contributed by atoms with Crippen LogP contribution in [0.4, 0.5) is 10.1 Å². The molecule has 1 aromatic rings. The summed E-state index contributed by atoms with van der Waals surface area (Å²) < 4.78 is 13.2. The quantitative estimate of drug-likeness (QED) is 0.650. The van der Waals surface area contributed by atoms with Crippen LogP contribution in [0.2, 0.25) is 0 Å². The minimum Gasteiger partial charge on any atom is -0.323 e. The van der Waals surface area contributed by atoms with Gasteiger partial charge >= 0.3 is 0 Å². The first-order valence-corrected chi connectivity index (χ1v) is 5.79. The van der Waals surface area contributed by atoms with Crippen molar-refractivity contribution in [2.45, 2.75) is 31.7 Å². The van der Waals surface area contributed by atoms with Crippen molar-refractivity contribution < 1.29 is 9.31 Å². The molecule has 0 heterocycles. The Balaban J connectivity index is 2.34. The van der Waals surface area contributed by atoms with E-state index in [-0.39, 0.29) is 11.6 Å². The average molecular weight is 238 g/mol. The lowest BCUT2D eigenvalue weighted by atomic mass is 9.91. The molecule has 0 aromatic heterocycles. The molecule has 0 radical (unpaired) electrons. The van der Waals surface area contributed by atoms with Gasteiger partial charge in [0.05, 0.1) is 4.92 Å². The summed E-state index contributed by atoms with van der Waals surface area (Å²) in [7, 11) is 0. The zero-order valence-electron chi connectivity index (χ0n) is 9.43. The Morgan fingerprint density at radius 1 is 1.41 bits per heavy atom. The van der Waals surface area contributed by atoms with Gasteiger partial charge in [-0.2, -0.15) is 0 Å². The Morgan fingerprint density at radius 3 is 2.65 bits per heavy atom. The molecule has 1 atom stereocenters. The summed E-state index contributed by atoms with van der Waals surface area (Å²) in [6.07, 6.45) is 4.13. The summed E-state index contributed by atoms with van der Waals surface area (Å²) >= 11 is 0. The Labute approximate surface area is 98.8 Å². The van der Waals surface area contributed by atoms with Gasteiger partial charge in [0, 0.05) is 17.7 Å². The molecule has 5 heteroatoms. The largest absolute Gasteiger partial charge is 0.323 e. The maximum absolute atomic E-state index is 13.2. The molecule has 1 saturated carbocycles. The second kappa shape index (κ2) is 4.79. The number of hydrogen-bond acceptors (Lipinski definition) is 3. The van der Waals surface area contributed by atoms with Gasteiger partial charge in [-0.3, -0.25) is 10.1 Å². The highest BCUT2D eigenvalue weighted by atomic mass is 19.1. The summed E-state index contributed by atoms with van der Waals surface area (Å²) in [6, 6.07) is 3.05. The summed E-state index contributed by atoms with van der Waals surface area (Å²) in [6.45, 7) is 0. The van der Waals surface area contributed by atoms with Crippen LogP contribution in [0.1, 0.15) is 37.3 Å². The molecule has 17 heavy (non-hydrogen) atoms. The average Bonchev–Trinajstić information content (AvgIpc) is 2.80. The monoisotopic (exact) mass is 238 g/mol. The number of hydrogen-bond donors (Lipinski definition) is 1. The van der Waals surface area contributed by atoms with Crippen molar-refractivity contribution >= 4 is 5.69 Å². The molecule has 0 unspecified atom stereocenters. The van der Waals surface area contributed by atoms with Crippen molar-refractivity contribution in [1.82, 2.24) is 0 Å². The van der Waals surface area contributed by atoms with Crippen LogP contribution in [0, 0.1) is 21.8 Å². The molecule has 92 valence electrons. The van der Waals surface area contributed by atoms with Crippen LogP contribution in [-0.2, 0) is 0 Å². The molecule has 1 aliphatic carbocycles. The molecule has 0 amide bonds. The molecule has 0 saturated heterocycles. The zero-order chi connectivity index (χ0) is 12.4. The van der Waals surface area contributed by atoms with E-state index in [0.29, 0.717) is 5.56 Å². The third-order valence-corrected chi connectivity index (χ3v) is 3.45. The summed E-state index contributed by atoms with van der Waals surface area (Å²) in [5, 5.41) is 10.9. The van der Waals surface area contributed by atoms with Crippen molar-refractivity contribution in [3.63, 3.8) is 0 Å². The van der Waals surface area contributed by atoms with Crippen molar-refractivity contribution in [2.75, 3.05) is 0 Å². The first-order valence-electron chi connectivity index (χ1n) is 5.79. The molecule has 4 nitrogen and oxygen atoms in total. The third kappa shape index (κ3) is 2.44. The highest BCUT2D eigenvalue weighted by Crippen LogP contribution is 2.37.